The van der Waals surface area contributed by atoms with Gasteiger partial charge >= 0.3 is 0 Å². The van der Waals surface area contributed by atoms with E-state index in [0.29, 0.717) is 6.42 Å². The van der Waals surface area contributed by atoms with Gasteiger partial charge in [-0.1, -0.05) is 56.0 Å². The quantitative estimate of drug-likeness (QED) is 0.835. The van der Waals surface area contributed by atoms with Crippen molar-refractivity contribution in [3.05, 3.63) is 35.9 Å². The maximum atomic E-state index is 13.1. The molecule has 0 aliphatic carbocycles. The summed E-state index contributed by atoms with van der Waals surface area (Å²) in [5, 5.41) is 0. The molecule has 0 aromatic heterocycles. The number of hydrogen-bond acceptors (Lipinski definition) is 2. The fourth-order valence-corrected chi connectivity index (χ4v) is 4.07. The van der Waals surface area contributed by atoms with Gasteiger partial charge in [0.05, 0.1) is 12.6 Å². The Morgan fingerprint density at radius 3 is 2.48 bits per heavy atom. The zero-order valence-corrected chi connectivity index (χ0v) is 15.2. The van der Waals surface area contributed by atoms with Crippen molar-refractivity contribution in [2.24, 2.45) is 0 Å². The highest BCUT2D eigenvalue weighted by atomic mass is 16.2. The van der Waals surface area contributed by atoms with Crippen molar-refractivity contribution in [1.29, 1.82) is 0 Å². The molecule has 1 aromatic rings. The molecule has 3 rings (SSSR count). The van der Waals surface area contributed by atoms with Crippen LogP contribution in [0.2, 0.25) is 0 Å². The third kappa shape index (κ3) is 4.83. The molecule has 0 saturated carbocycles. The minimum Gasteiger partial charge on any atom is -0.334 e. The van der Waals surface area contributed by atoms with Crippen LogP contribution in [0.4, 0.5) is 0 Å². The molecule has 2 aliphatic heterocycles. The highest BCUT2D eigenvalue weighted by Crippen LogP contribution is 2.30. The van der Waals surface area contributed by atoms with Crippen LogP contribution in [0.5, 0.6) is 0 Å². The van der Waals surface area contributed by atoms with Gasteiger partial charge in [0.25, 0.3) is 0 Å². The Balaban J connectivity index is 1.71. The zero-order chi connectivity index (χ0) is 17.5. The smallest absolute Gasteiger partial charge is 0.242 e. The van der Waals surface area contributed by atoms with Gasteiger partial charge in [-0.15, -0.1) is 0 Å². The van der Waals surface area contributed by atoms with Crippen molar-refractivity contribution in [2.45, 2.75) is 63.8 Å². The summed E-state index contributed by atoms with van der Waals surface area (Å²) in [7, 11) is 0. The normalized spacial score (nSPS) is 22.9. The summed E-state index contributed by atoms with van der Waals surface area (Å²) in [5.41, 5.74) is 1.22. The molecule has 0 radical (unpaired) electrons. The number of rotatable bonds is 3. The number of amides is 2. The predicted octanol–water partition coefficient (Wildman–Crippen LogP) is 3.92. The first kappa shape index (κ1) is 18.0. The average molecular weight is 342 g/mol. The van der Waals surface area contributed by atoms with Crippen LogP contribution in [0.25, 0.3) is 0 Å². The Hall–Kier alpha value is -1.84. The van der Waals surface area contributed by atoms with Gasteiger partial charge in [-0.3, -0.25) is 9.59 Å². The van der Waals surface area contributed by atoms with Crippen molar-refractivity contribution in [3.8, 4) is 0 Å². The number of carbonyl (C=O) groups excluding carboxylic acids is 2. The van der Waals surface area contributed by atoms with Crippen LogP contribution in [-0.2, 0) is 9.59 Å². The van der Waals surface area contributed by atoms with Crippen molar-refractivity contribution in [1.82, 2.24) is 9.80 Å². The average Bonchev–Trinajstić information content (AvgIpc) is 2.88. The van der Waals surface area contributed by atoms with Gasteiger partial charge < -0.3 is 9.80 Å². The molecule has 0 N–H and O–H groups in total. The molecule has 2 amide bonds. The first-order valence-electron chi connectivity index (χ1n) is 9.88. The molecule has 136 valence electrons. The molecule has 2 saturated heterocycles. The van der Waals surface area contributed by atoms with Crippen molar-refractivity contribution in [3.63, 3.8) is 0 Å². The third-order valence-electron chi connectivity index (χ3n) is 5.50. The van der Waals surface area contributed by atoms with Gasteiger partial charge in [0.1, 0.15) is 0 Å². The van der Waals surface area contributed by atoms with Gasteiger partial charge in [-0.25, -0.2) is 0 Å². The number of hydrogen-bond donors (Lipinski definition) is 0. The van der Waals surface area contributed by atoms with Gasteiger partial charge in [0.2, 0.25) is 11.8 Å². The Labute approximate surface area is 151 Å². The van der Waals surface area contributed by atoms with Gasteiger partial charge in [-0.2, -0.15) is 0 Å². The van der Waals surface area contributed by atoms with Crippen LogP contribution in [0.1, 0.15) is 69.4 Å². The second-order valence-corrected chi connectivity index (χ2v) is 7.34. The maximum absolute atomic E-state index is 13.1. The molecular formula is C21H30N2O2. The van der Waals surface area contributed by atoms with Crippen LogP contribution < -0.4 is 0 Å². The lowest BCUT2D eigenvalue weighted by Crippen LogP contribution is -2.45. The second-order valence-electron chi connectivity index (χ2n) is 7.34. The summed E-state index contributed by atoms with van der Waals surface area (Å²) in [4.78, 5) is 29.3. The van der Waals surface area contributed by atoms with Crippen molar-refractivity contribution in [2.75, 3.05) is 19.6 Å². The van der Waals surface area contributed by atoms with Crippen LogP contribution in [0.3, 0.4) is 0 Å². The minimum atomic E-state index is 0.115. The first-order chi connectivity index (χ1) is 12.3. The summed E-state index contributed by atoms with van der Waals surface area (Å²) >= 11 is 0. The van der Waals surface area contributed by atoms with E-state index in [9.17, 15) is 9.59 Å². The number of carbonyl (C=O) groups is 2. The van der Waals surface area contributed by atoms with E-state index in [0.717, 1.165) is 58.0 Å². The Bertz CT molecular complexity index is 573. The van der Waals surface area contributed by atoms with E-state index >= 15 is 0 Å². The number of benzene rings is 1. The molecule has 1 atom stereocenters. The van der Waals surface area contributed by atoms with Gasteiger partial charge in [0, 0.05) is 19.5 Å². The van der Waals surface area contributed by atoms with Gasteiger partial charge in [0.15, 0.2) is 0 Å². The molecule has 4 heteroatoms. The Morgan fingerprint density at radius 2 is 1.64 bits per heavy atom. The van der Waals surface area contributed by atoms with Crippen molar-refractivity contribution < 1.29 is 9.59 Å². The summed E-state index contributed by atoms with van der Waals surface area (Å²) in [5.74, 6) is 0.267. The molecule has 2 fully saturated rings. The first-order valence-corrected chi connectivity index (χ1v) is 9.88. The largest absolute Gasteiger partial charge is 0.334 e. The Morgan fingerprint density at radius 1 is 0.920 bits per heavy atom. The van der Waals surface area contributed by atoms with E-state index < -0.39 is 0 Å². The van der Waals surface area contributed by atoms with Crippen molar-refractivity contribution >= 4 is 11.8 Å². The highest BCUT2D eigenvalue weighted by Gasteiger charge is 2.28. The van der Waals surface area contributed by atoms with Crippen LogP contribution in [0.15, 0.2) is 30.3 Å². The molecule has 1 aromatic carbocycles. The van der Waals surface area contributed by atoms with E-state index in [1.807, 2.05) is 23.1 Å². The molecular weight excluding hydrogens is 312 g/mol. The summed E-state index contributed by atoms with van der Waals surface area (Å²) in [6.45, 7) is 1.79. The van der Waals surface area contributed by atoms with E-state index in [1.165, 1.54) is 12.0 Å². The molecule has 4 nitrogen and oxygen atoms in total. The Kier molecular flexibility index (Phi) is 6.48. The van der Waals surface area contributed by atoms with E-state index in [1.54, 1.807) is 4.90 Å². The lowest BCUT2D eigenvalue weighted by Gasteiger charge is -2.33. The summed E-state index contributed by atoms with van der Waals surface area (Å²) in [6, 6.07) is 10.5. The van der Waals surface area contributed by atoms with E-state index in [2.05, 4.69) is 12.1 Å². The summed E-state index contributed by atoms with van der Waals surface area (Å²) < 4.78 is 0. The van der Waals surface area contributed by atoms with E-state index in [4.69, 9.17) is 0 Å². The molecule has 0 spiro atoms. The second kappa shape index (κ2) is 9.02. The summed E-state index contributed by atoms with van der Waals surface area (Å²) in [6.07, 6.45) is 9.27. The molecule has 2 aliphatic rings. The van der Waals surface area contributed by atoms with Crippen LogP contribution in [0, 0.1) is 0 Å². The lowest BCUT2D eigenvalue weighted by molar-refractivity contribution is -0.142. The molecule has 25 heavy (non-hydrogen) atoms. The van der Waals surface area contributed by atoms with Crippen LogP contribution >= 0.6 is 0 Å². The number of nitrogens with zero attached hydrogens (tertiary/aromatic N) is 2. The standard InChI is InChI=1S/C21H30N2O2/c24-20-14-8-1-2-9-15-22(20)17-21(25)23-16-10-4-7-13-19(23)18-11-5-3-6-12-18/h3,5-6,11-12,19H,1-2,4,7-10,13-17H2. The van der Waals surface area contributed by atoms with Gasteiger partial charge in [-0.05, 0) is 31.2 Å². The lowest BCUT2D eigenvalue weighted by atomic mass is 10.0. The fourth-order valence-electron chi connectivity index (χ4n) is 4.07. The fraction of sp³-hybridized carbons (Fsp3) is 0.619. The highest BCUT2D eigenvalue weighted by molar-refractivity contribution is 5.85. The maximum Gasteiger partial charge on any atom is 0.242 e. The number of likely N-dealkylation sites (tertiary alicyclic amines) is 2. The molecule has 0 bridgehead atoms. The zero-order valence-electron chi connectivity index (χ0n) is 15.2. The molecule has 1 unspecified atom stereocenters. The molecule has 2 heterocycles. The van der Waals surface area contributed by atoms with Crippen LogP contribution in [-0.4, -0.2) is 41.2 Å². The van der Waals surface area contributed by atoms with E-state index in [-0.39, 0.29) is 24.4 Å². The third-order valence-corrected chi connectivity index (χ3v) is 5.50. The minimum absolute atomic E-state index is 0.115. The monoisotopic (exact) mass is 342 g/mol. The SMILES string of the molecule is O=C1CCCCCCN1CC(=O)N1CCCCCC1c1ccccc1. The topological polar surface area (TPSA) is 40.6 Å². The predicted molar refractivity (Wildman–Crippen MR) is 99.0 cm³/mol.